The van der Waals surface area contributed by atoms with Gasteiger partial charge in [-0.05, 0) is 12.3 Å². The third kappa shape index (κ3) is 5.02. The van der Waals surface area contributed by atoms with Gasteiger partial charge in [-0.2, -0.15) is 0 Å². The molecule has 1 unspecified atom stereocenters. The third-order valence-electron chi connectivity index (χ3n) is 2.27. The summed E-state index contributed by atoms with van der Waals surface area (Å²) in [7, 11) is 3.63. The van der Waals surface area contributed by atoms with E-state index in [1.807, 2.05) is 34.9 Å². The number of carbonyl (C=O) groups is 2. The van der Waals surface area contributed by atoms with E-state index in [9.17, 15) is 9.59 Å². The van der Waals surface area contributed by atoms with Gasteiger partial charge in [-0.1, -0.05) is 20.8 Å². The number of aldehydes is 1. The van der Waals surface area contributed by atoms with Crippen molar-refractivity contribution in [2.75, 3.05) is 20.7 Å². The molecule has 0 bridgehead atoms. The standard InChI is InChI=1S/C13H23NO3/c1-7-17-12(16)11(13(2,3)4)10(9-15)8-14(5)6/h8-9,11H,7H2,1-6H3. The molecule has 98 valence electrons. The molecule has 1 atom stereocenters. The van der Waals surface area contributed by atoms with E-state index in [1.165, 1.54) is 0 Å². The van der Waals surface area contributed by atoms with Crippen molar-refractivity contribution in [2.45, 2.75) is 27.7 Å². The maximum Gasteiger partial charge on any atom is 0.314 e. The molecule has 0 aromatic carbocycles. The van der Waals surface area contributed by atoms with E-state index >= 15 is 0 Å². The minimum absolute atomic E-state index is 0.319. The second-order valence-electron chi connectivity index (χ2n) is 5.26. The predicted molar refractivity (Wildman–Crippen MR) is 67.4 cm³/mol. The summed E-state index contributed by atoms with van der Waals surface area (Å²) in [5.74, 6) is -0.887. The van der Waals surface area contributed by atoms with Crippen LogP contribution in [0.1, 0.15) is 27.7 Å². The van der Waals surface area contributed by atoms with Gasteiger partial charge in [0.1, 0.15) is 6.29 Å². The van der Waals surface area contributed by atoms with E-state index in [0.29, 0.717) is 12.2 Å². The van der Waals surface area contributed by atoms with Crippen LogP contribution in [0.3, 0.4) is 0 Å². The fourth-order valence-corrected chi connectivity index (χ4v) is 1.69. The highest BCUT2D eigenvalue weighted by molar-refractivity contribution is 5.87. The molecule has 0 N–H and O–H groups in total. The Labute approximate surface area is 104 Å². The molecular formula is C13H23NO3. The van der Waals surface area contributed by atoms with Crippen molar-refractivity contribution in [3.8, 4) is 0 Å². The summed E-state index contributed by atoms with van der Waals surface area (Å²) in [6.45, 7) is 7.83. The van der Waals surface area contributed by atoms with E-state index in [0.717, 1.165) is 6.29 Å². The highest BCUT2D eigenvalue weighted by Crippen LogP contribution is 2.32. The summed E-state index contributed by atoms with van der Waals surface area (Å²) in [4.78, 5) is 24.8. The molecule has 0 radical (unpaired) electrons. The summed E-state index contributed by atoms with van der Waals surface area (Å²) in [6, 6.07) is 0. The molecule has 0 rings (SSSR count). The van der Waals surface area contributed by atoms with Crippen molar-refractivity contribution in [1.29, 1.82) is 0 Å². The highest BCUT2D eigenvalue weighted by Gasteiger charge is 2.35. The van der Waals surface area contributed by atoms with Crippen molar-refractivity contribution in [3.05, 3.63) is 11.8 Å². The Kier molecular flexibility index (Phi) is 5.93. The summed E-state index contributed by atoms with van der Waals surface area (Å²) in [5.41, 5.74) is 0.0931. The molecule has 0 aliphatic rings. The zero-order chi connectivity index (χ0) is 13.6. The number of carbonyl (C=O) groups excluding carboxylic acids is 2. The SMILES string of the molecule is CCOC(=O)C(C(C=O)=CN(C)C)C(C)(C)C. The Morgan fingerprint density at radius 3 is 2.18 bits per heavy atom. The summed E-state index contributed by atoms with van der Waals surface area (Å²) in [6.07, 6.45) is 2.40. The van der Waals surface area contributed by atoms with E-state index in [2.05, 4.69) is 0 Å². The largest absolute Gasteiger partial charge is 0.466 e. The average Bonchev–Trinajstić information content (AvgIpc) is 2.14. The lowest BCUT2D eigenvalue weighted by molar-refractivity contribution is -0.150. The van der Waals surface area contributed by atoms with Crippen LogP contribution >= 0.6 is 0 Å². The van der Waals surface area contributed by atoms with Crippen LogP contribution in [0, 0.1) is 11.3 Å². The first kappa shape index (κ1) is 15.7. The number of hydrogen-bond acceptors (Lipinski definition) is 4. The second-order valence-corrected chi connectivity index (χ2v) is 5.26. The topological polar surface area (TPSA) is 46.6 Å². The first-order chi connectivity index (χ1) is 7.73. The van der Waals surface area contributed by atoms with Crippen molar-refractivity contribution < 1.29 is 14.3 Å². The Hall–Kier alpha value is -1.32. The molecule has 0 aliphatic heterocycles. The van der Waals surface area contributed by atoms with Crippen molar-refractivity contribution >= 4 is 12.3 Å². The van der Waals surface area contributed by atoms with Gasteiger partial charge < -0.3 is 9.64 Å². The van der Waals surface area contributed by atoms with Crippen LogP contribution < -0.4 is 0 Å². The lowest BCUT2D eigenvalue weighted by Crippen LogP contribution is -2.33. The smallest absolute Gasteiger partial charge is 0.314 e. The van der Waals surface area contributed by atoms with Crippen LogP contribution in [0.25, 0.3) is 0 Å². The molecule has 0 saturated carbocycles. The molecular weight excluding hydrogens is 218 g/mol. The van der Waals surface area contributed by atoms with E-state index in [4.69, 9.17) is 4.74 Å². The molecule has 0 aliphatic carbocycles. The van der Waals surface area contributed by atoms with E-state index < -0.39 is 5.92 Å². The summed E-state index contributed by atoms with van der Waals surface area (Å²) >= 11 is 0. The Morgan fingerprint density at radius 1 is 1.35 bits per heavy atom. The van der Waals surface area contributed by atoms with Crippen LogP contribution in [-0.4, -0.2) is 37.9 Å². The molecule has 0 aromatic rings. The minimum Gasteiger partial charge on any atom is -0.466 e. The second kappa shape index (κ2) is 6.42. The molecule has 4 heteroatoms. The van der Waals surface area contributed by atoms with Crippen molar-refractivity contribution in [2.24, 2.45) is 11.3 Å². The molecule has 0 amide bonds. The van der Waals surface area contributed by atoms with Crippen LogP contribution in [-0.2, 0) is 14.3 Å². The lowest BCUT2D eigenvalue weighted by atomic mass is 9.76. The van der Waals surface area contributed by atoms with Crippen molar-refractivity contribution in [3.63, 3.8) is 0 Å². The third-order valence-corrected chi connectivity index (χ3v) is 2.27. The number of rotatable bonds is 5. The first-order valence-corrected chi connectivity index (χ1v) is 5.74. The van der Waals surface area contributed by atoms with Gasteiger partial charge in [-0.3, -0.25) is 9.59 Å². The average molecular weight is 241 g/mol. The van der Waals surface area contributed by atoms with Gasteiger partial charge in [0.2, 0.25) is 0 Å². The highest BCUT2D eigenvalue weighted by atomic mass is 16.5. The maximum absolute atomic E-state index is 11.9. The molecule has 4 nitrogen and oxygen atoms in total. The zero-order valence-electron chi connectivity index (χ0n) is 11.6. The van der Waals surface area contributed by atoms with Gasteiger partial charge in [-0.25, -0.2) is 0 Å². The molecule has 17 heavy (non-hydrogen) atoms. The predicted octanol–water partition coefficient (Wildman–Crippen LogP) is 1.86. The summed E-state index contributed by atoms with van der Waals surface area (Å²) < 4.78 is 5.04. The quantitative estimate of drug-likeness (QED) is 0.419. The van der Waals surface area contributed by atoms with Gasteiger partial charge in [0.05, 0.1) is 12.5 Å². The van der Waals surface area contributed by atoms with Gasteiger partial charge in [0.25, 0.3) is 0 Å². The lowest BCUT2D eigenvalue weighted by Gasteiger charge is -2.29. The minimum atomic E-state index is -0.539. The molecule has 0 heterocycles. The molecule has 0 saturated heterocycles. The monoisotopic (exact) mass is 241 g/mol. The molecule has 0 spiro atoms. The van der Waals surface area contributed by atoms with Gasteiger partial charge in [-0.15, -0.1) is 0 Å². The number of hydrogen-bond donors (Lipinski definition) is 0. The number of esters is 1. The van der Waals surface area contributed by atoms with Gasteiger partial charge in [0, 0.05) is 25.9 Å². The van der Waals surface area contributed by atoms with Crippen LogP contribution in [0.4, 0.5) is 0 Å². The maximum atomic E-state index is 11.9. The Bertz CT molecular complexity index is 300. The van der Waals surface area contributed by atoms with Crippen LogP contribution in [0.2, 0.25) is 0 Å². The first-order valence-electron chi connectivity index (χ1n) is 5.74. The van der Waals surface area contributed by atoms with Crippen LogP contribution in [0.15, 0.2) is 11.8 Å². The van der Waals surface area contributed by atoms with Crippen LogP contribution in [0.5, 0.6) is 0 Å². The van der Waals surface area contributed by atoms with Gasteiger partial charge >= 0.3 is 5.97 Å². The fraction of sp³-hybridized carbons (Fsp3) is 0.692. The molecule has 0 fully saturated rings. The number of nitrogens with zero attached hydrogens (tertiary/aromatic N) is 1. The Morgan fingerprint density at radius 2 is 1.88 bits per heavy atom. The zero-order valence-corrected chi connectivity index (χ0v) is 11.6. The van der Waals surface area contributed by atoms with E-state index in [-0.39, 0.29) is 11.4 Å². The number of ether oxygens (including phenoxy) is 1. The fourth-order valence-electron chi connectivity index (χ4n) is 1.69. The summed E-state index contributed by atoms with van der Waals surface area (Å²) in [5, 5.41) is 0. The Balaban J connectivity index is 5.30. The van der Waals surface area contributed by atoms with Crippen molar-refractivity contribution in [1.82, 2.24) is 4.90 Å². The molecule has 0 aromatic heterocycles. The van der Waals surface area contributed by atoms with Gasteiger partial charge in [0.15, 0.2) is 0 Å². The normalized spacial score (nSPS) is 14.1. The van der Waals surface area contributed by atoms with E-state index in [1.54, 1.807) is 18.0 Å².